The summed E-state index contributed by atoms with van der Waals surface area (Å²) in [6.07, 6.45) is 0. The molecule has 0 heterocycles. The van der Waals surface area contributed by atoms with Gasteiger partial charge in [-0.1, -0.05) is 40.2 Å². The van der Waals surface area contributed by atoms with Gasteiger partial charge in [0.1, 0.15) is 11.5 Å². The van der Waals surface area contributed by atoms with Gasteiger partial charge in [0.05, 0.1) is 0 Å². The van der Waals surface area contributed by atoms with E-state index in [9.17, 15) is 0 Å². The van der Waals surface area contributed by atoms with Crippen LogP contribution in [0.3, 0.4) is 0 Å². The summed E-state index contributed by atoms with van der Waals surface area (Å²) in [5.74, 6) is 2.17. The first-order valence-electron chi connectivity index (χ1n) is 6.27. The van der Waals surface area contributed by atoms with E-state index < -0.39 is 0 Å². The van der Waals surface area contributed by atoms with Crippen molar-refractivity contribution >= 4 is 38.3 Å². The molecular formula is C17H12BrClO. The first kappa shape index (κ1) is 13.5. The summed E-state index contributed by atoms with van der Waals surface area (Å²) in [4.78, 5) is 0. The molecule has 20 heavy (non-hydrogen) atoms. The maximum absolute atomic E-state index is 5.86. The van der Waals surface area contributed by atoms with Crippen LogP contribution in [-0.2, 0) is 5.88 Å². The highest BCUT2D eigenvalue weighted by molar-refractivity contribution is 9.10. The fourth-order valence-electron chi connectivity index (χ4n) is 2.04. The summed E-state index contributed by atoms with van der Waals surface area (Å²) in [7, 11) is 0. The zero-order valence-corrected chi connectivity index (χ0v) is 13.0. The number of benzene rings is 3. The van der Waals surface area contributed by atoms with Gasteiger partial charge in [-0.3, -0.25) is 0 Å². The van der Waals surface area contributed by atoms with Crippen LogP contribution < -0.4 is 4.74 Å². The molecule has 0 aliphatic rings. The van der Waals surface area contributed by atoms with Crippen LogP contribution in [0.4, 0.5) is 0 Å². The van der Waals surface area contributed by atoms with Crippen molar-refractivity contribution < 1.29 is 4.74 Å². The second-order valence-corrected chi connectivity index (χ2v) is 5.72. The summed E-state index contributed by atoms with van der Waals surface area (Å²) >= 11 is 9.25. The molecule has 0 aliphatic heterocycles. The van der Waals surface area contributed by atoms with Gasteiger partial charge in [0.15, 0.2) is 0 Å². The third kappa shape index (κ3) is 2.97. The van der Waals surface area contributed by atoms with Gasteiger partial charge in [-0.15, -0.1) is 11.6 Å². The van der Waals surface area contributed by atoms with E-state index in [1.807, 2.05) is 42.5 Å². The SMILES string of the molecule is ClCc1ccc(Oc2ccc3cc(Br)ccc3c2)cc1. The fraction of sp³-hybridized carbons (Fsp3) is 0.0588. The smallest absolute Gasteiger partial charge is 0.128 e. The Labute approximate surface area is 131 Å². The topological polar surface area (TPSA) is 9.23 Å². The first-order valence-corrected chi connectivity index (χ1v) is 7.59. The largest absolute Gasteiger partial charge is 0.457 e. The van der Waals surface area contributed by atoms with Crippen LogP contribution in [0, 0.1) is 0 Å². The minimum atomic E-state index is 0.519. The van der Waals surface area contributed by atoms with Gasteiger partial charge in [0.2, 0.25) is 0 Å². The third-order valence-electron chi connectivity index (χ3n) is 3.09. The van der Waals surface area contributed by atoms with Crippen LogP contribution >= 0.6 is 27.5 Å². The summed E-state index contributed by atoms with van der Waals surface area (Å²) in [5.41, 5.74) is 1.09. The number of alkyl halides is 1. The molecule has 0 atom stereocenters. The number of halogens is 2. The Balaban J connectivity index is 1.88. The normalized spacial score (nSPS) is 10.7. The minimum absolute atomic E-state index is 0.519. The van der Waals surface area contributed by atoms with E-state index in [1.54, 1.807) is 0 Å². The molecule has 0 aromatic heterocycles. The van der Waals surface area contributed by atoms with Gasteiger partial charge >= 0.3 is 0 Å². The van der Waals surface area contributed by atoms with Crippen molar-refractivity contribution in [3.8, 4) is 11.5 Å². The zero-order valence-electron chi connectivity index (χ0n) is 10.6. The standard InChI is InChI=1S/C17H12BrClO/c18-15-5-3-14-10-17(8-4-13(14)9-15)20-16-6-1-12(11-19)2-7-16/h1-10H,11H2. The molecule has 0 fully saturated rings. The molecule has 0 N–H and O–H groups in total. The lowest BCUT2D eigenvalue weighted by molar-refractivity contribution is 0.483. The Kier molecular flexibility index (Phi) is 3.95. The van der Waals surface area contributed by atoms with Crippen molar-refractivity contribution in [2.45, 2.75) is 5.88 Å². The van der Waals surface area contributed by atoms with Crippen LogP contribution in [0.15, 0.2) is 65.1 Å². The molecule has 100 valence electrons. The molecule has 3 aromatic carbocycles. The van der Waals surface area contributed by atoms with Crippen molar-refractivity contribution in [1.29, 1.82) is 0 Å². The molecule has 1 nitrogen and oxygen atoms in total. The van der Waals surface area contributed by atoms with Crippen molar-refractivity contribution in [3.63, 3.8) is 0 Å². The van der Waals surface area contributed by atoms with E-state index in [0.29, 0.717) is 5.88 Å². The second kappa shape index (κ2) is 5.86. The van der Waals surface area contributed by atoms with Crippen LogP contribution in [0.2, 0.25) is 0 Å². The average Bonchev–Trinajstić information content (AvgIpc) is 2.48. The number of fused-ring (bicyclic) bond motifs is 1. The van der Waals surface area contributed by atoms with Gasteiger partial charge in [0.25, 0.3) is 0 Å². The van der Waals surface area contributed by atoms with E-state index in [1.165, 1.54) is 5.39 Å². The van der Waals surface area contributed by atoms with Crippen LogP contribution in [0.5, 0.6) is 11.5 Å². The number of hydrogen-bond acceptors (Lipinski definition) is 1. The molecule has 0 radical (unpaired) electrons. The summed E-state index contributed by atoms with van der Waals surface area (Å²) < 4.78 is 6.94. The number of hydrogen-bond donors (Lipinski definition) is 0. The Morgan fingerprint density at radius 3 is 2.20 bits per heavy atom. The lowest BCUT2D eigenvalue weighted by atomic mass is 10.1. The molecule has 0 unspecified atom stereocenters. The van der Waals surface area contributed by atoms with Gasteiger partial charge in [0, 0.05) is 10.4 Å². The predicted molar refractivity (Wildman–Crippen MR) is 87.7 cm³/mol. The first-order chi connectivity index (χ1) is 9.74. The highest BCUT2D eigenvalue weighted by Crippen LogP contribution is 2.27. The van der Waals surface area contributed by atoms with Crippen LogP contribution in [0.1, 0.15) is 5.56 Å². The minimum Gasteiger partial charge on any atom is -0.457 e. The van der Waals surface area contributed by atoms with E-state index in [0.717, 1.165) is 26.9 Å². The van der Waals surface area contributed by atoms with Crippen molar-refractivity contribution in [2.24, 2.45) is 0 Å². The van der Waals surface area contributed by atoms with Gasteiger partial charge in [-0.25, -0.2) is 0 Å². The Morgan fingerprint density at radius 1 is 0.800 bits per heavy atom. The molecule has 0 amide bonds. The summed E-state index contributed by atoms with van der Waals surface area (Å²) in [6, 6.07) is 20.1. The maximum atomic E-state index is 5.86. The molecule has 0 aliphatic carbocycles. The van der Waals surface area contributed by atoms with Gasteiger partial charge in [-0.2, -0.15) is 0 Å². The molecule has 3 heteroatoms. The highest BCUT2D eigenvalue weighted by atomic mass is 79.9. The molecule has 3 aromatic rings. The Bertz CT molecular complexity index is 738. The lowest BCUT2D eigenvalue weighted by Gasteiger charge is -2.07. The Morgan fingerprint density at radius 2 is 1.45 bits per heavy atom. The van der Waals surface area contributed by atoms with Crippen molar-refractivity contribution in [1.82, 2.24) is 0 Å². The van der Waals surface area contributed by atoms with E-state index in [2.05, 4.69) is 34.1 Å². The van der Waals surface area contributed by atoms with Crippen LogP contribution in [-0.4, -0.2) is 0 Å². The molecule has 0 spiro atoms. The second-order valence-electron chi connectivity index (χ2n) is 4.53. The molecule has 0 saturated carbocycles. The Hall–Kier alpha value is -1.51. The highest BCUT2D eigenvalue weighted by Gasteiger charge is 2.00. The lowest BCUT2D eigenvalue weighted by Crippen LogP contribution is -1.85. The average molecular weight is 348 g/mol. The zero-order chi connectivity index (χ0) is 13.9. The van der Waals surface area contributed by atoms with Crippen molar-refractivity contribution in [2.75, 3.05) is 0 Å². The quantitative estimate of drug-likeness (QED) is 0.518. The molecule has 3 rings (SSSR count). The van der Waals surface area contributed by atoms with E-state index >= 15 is 0 Å². The van der Waals surface area contributed by atoms with Crippen LogP contribution in [0.25, 0.3) is 10.8 Å². The van der Waals surface area contributed by atoms with E-state index in [4.69, 9.17) is 16.3 Å². The van der Waals surface area contributed by atoms with Gasteiger partial charge in [-0.05, 0) is 52.7 Å². The monoisotopic (exact) mass is 346 g/mol. The summed E-state index contributed by atoms with van der Waals surface area (Å²) in [6.45, 7) is 0. The number of rotatable bonds is 3. The molecule has 0 bridgehead atoms. The molecular weight excluding hydrogens is 336 g/mol. The maximum Gasteiger partial charge on any atom is 0.128 e. The fourth-order valence-corrected chi connectivity index (χ4v) is 2.60. The summed E-state index contributed by atoms with van der Waals surface area (Å²) in [5, 5.41) is 2.34. The van der Waals surface area contributed by atoms with E-state index in [-0.39, 0.29) is 0 Å². The predicted octanol–water partition coefficient (Wildman–Crippen LogP) is 6.13. The van der Waals surface area contributed by atoms with Gasteiger partial charge < -0.3 is 4.74 Å². The third-order valence-corrected chi connectivity index (χ3v) is 3.89. The molecule has 0 saturated heterocycles. The number of ether oxygens (including phenoxy) is 1. The van der Waals surface area contributed by atoms with Crippen molar-refractivity contribution in [3.05, 3.63) is 70.7 Å².